The zero-order valence-corrected chi connectivity index (χ0v) is 12.5. The van der Waals surface area contributed by atoms with Crippen LogP contribution in [0.5, 0.6) is 5.88 Å². The topological polar surface area (TPSA) is 60.2 Å². The highest BCUT2D eigenvalue weighted by molar-refractivity contribution is 9.10. The molecule has 102 valence electrons. The van der Waals surface area contributed by atoms with Crippen LogP contribution in [0.15, 0.2) is 28.9 Å². The molecule has 1 unspecified atom stereocenters. The Morgan fingerprint density at radius 3 is 2.95 bits per heavy atom. The Balaban J connectivity index is 2.37. The summed E-state index contributed by atoms with van der Waals surface area (Å²) >= 11 is 3.42. The Labute approximate surface area is 120 Å². The van der Waals surface area contributed by atoms with Crippen molar-refractivity contribution in [2.45, 2.75) is 26.0 Å². The molecule has 2 aromatic rings. The van der Waals surface area contributed by atoms with Crippen molar-refractivity contribution in [1.82, 2.24) is 14.8 Å². The summed E-state index contributed by atoms with van der Waals surface area (Å²) < 4.78 is 7.64. The Hall–Kier alpha value is -1.40. The third-order valence-corrected chi connectivity index (χ3v) is 3.37. The molecule has 0 aliphatic heterocycles. The fraction of sp³-hybridized carbons (Fsp3) is 0.385. The van der Waals surface area contributed by atoms with Gasteiger partial charge in [-0.3, -0.25) is 4.68 Å². The Morgan fingerprint density at radius 1 is 1.47 bits per heavy atom. The number of ether oxygens (including phenoxy) is 1. The van der Waals surface area contributed by atoms with Crippen LogP contribution in [0.2, 0.25) is 0 Å². The summed E-state index contributed by atoms with van der Waals surface area (Å²) in [5.74, 6) is 0.481. The van der Waals surface area contributed by atoms with Crippen LogP contribution >= 0.6 is 15.9 Å². The molecule has 0 aliphatic carbocycles. The molecular formula is C13H16BrN3O2. The number of rotatable bonds is 5. The van der Waals surface area contributed by atoms with Gasteiger partial charge in [0.15, 0.2) is 0 Å². The van der Waals surface area contributed by atoms with E-state index in [1.165, 1.54) is 0 Å². The average Bonchev–Trinajstić information content (AvgIpc) is 2.79. The molecule has 19 heavy (non-hydrogen) atoms. The highest BCUT2D eigenvalue weighted by atomic mass is 79.9. The summed E-state index contributed by atoms with van der Waals surface area (Å²) in [6.07, 6.45) is 1.80. The van der Waals surface area contributed by atoms with Gasteiger partial charge >= 0.3 is 0 Å². The lowest BCUT2D eigenvalue weighted by atomic mass is 10.1. The van der Waals surface area contributed by atoms with Gasteiger partial charge in [-0.2, -0.15) is 5.10 Å². The number of aromatic nitrogens is 3. The van der Waals surface area contributed by atoms with Gasteiger partial charge in [0.2, 0.25) is 5.88 Å². The second kappa shape index (κ2) is 6.16. The molecule has 0 radical (unpaired) electrons. The van der Waals surface area contributed by atoms with Crippen molar-refractivity contribution in [3.8, 4) is 5.88 Å². The normalized spacial score (nSPS) is 12.4. The molecule has 2 aromatic heterocycles. The van der Waals surface area contributed by atoms with Crippen LogP contribution < -0.4 is 4.74 Å². The van der Waals surface area contributed by atoms with Crippen LogP contribution in [0.25, 0.3) is 0 Å². The highest BCUT2D eigenvalue weighted by Gasteiger charge is 2.20. The molecule has 1 atom stereocenters. The van der Waals surface area contributed by atoms with Gasteiger partial charge in [0.05, 0.1) is 29.2 Å². The van der Waals surface area contributed by atoms with Crippen molar-refractivity contribution in [2.24, 2.45) is 0 Å². The van der Waals surface area contributed by atoms with Crippen LogP contribution in [-0.2, 0) is 6.54 Å². The van der Waals surface area contributed by atoms with Crippen molar-refractivity contribution in [3.05, 3.63) is 40.3 Å². The fourth-order valence-electron chi connectivity index (χ4n) is 1.87. The first-order valence-electron chi connectivity index (χ1n) is 6.07. The van der Waals surface area contributed by atoms with E-state index in [9.17, 15) is 5.11 Å². The number of pyridine rings is 1. The van der Waals surface area contributed by atoms with E-state index in [2.05, 4.69) is 32.9 Å². The summed E-state index contributed by atoms with van der Waals surface area (Å²) in [5.41, 5.74) is 1.25. The molecule has 0 spiro atoms. The number of halogens is 1. The zero-order valence-electron chi connectivity index (χ0n) is 10.9. The molecule has 0 aromatic carbocycles. The van der Waals surface area contributed by atoms with Crippen molar-refractivity contribution < 1.29 is 9.84 Å². The van der Waals surface area contributed by atoms with Crippen molar-refractivity contribution in [3.63, 3.8) is 0 Å². The number of hydrogen-bond donors (Lipinski definition) is 1. The molecule has 0 aliphatic rings. The lowest BCUT2D eigenvalue weighted by Crippen LogP contribution is -2.12. The second-order valence-electron chi connectivity index (χ2n) is 4.11. The van der Waals surface area contributed by atoms with Crippen molar-refractivity contribution in [2.75, 3.05) is 7.11 Å². The first-order chi connectivity index (χ1) is 9.17. The molecular weight excluding hydrogens is 310 g/mol. The molecule has 0 bridgehead atoms. The lowest BCUT2D eigenvalue weighted by molar-refractivity contribution is 0.200. The van der Waals surface area contributed by atoms with Crippen LogP contribution in [0.1, 0.15) is 30.8 Å². The van der Waals surface area contributed by atoms with Gasteiger partial charge in [-0.05, 0) is 28.4 Å². The number of nitrogens with zero attached hydrogens (tertiary/aromatic N) is 3. The number of hydrogen-bond acceptors (Lipinski definition) is 4. The quantitative estimate of drug-likeness (QED) is 0.917. The minimum atomic E-state index is -0.835. The smallest absolute Gasteiger partial charge is 0.213 e. The van der Waals surface area contributed by atoms with Gasteiger partial charge in [-0.25, -0.2) is 4.98 Å². The molecule has 0 amide bonds. The molecule has 0 saturated carbocycles. The molecule has 5 nitrogen and oxygen atoms in total. The maximum atomic E-state index is 10.5. The highest BCUT2D eigenvalue weighted by Crippen LogP contribution is 2.28. The number of aliphatic hydroxyl groups excluding tert-OH is 1. The summed E-state index contributed by atoms with van der Waals surface area (Å²) in [4.78, 5) is 4.26. The molecule has 1 N–H and O–H groups in total. The number of aliphatic hydroxyl groups is 1. The van der Waals surface area contributed by atoms with Crippen LogP contribution in [-0.4, -0.2) is 27.0 Å². The predicted molar refractivity (Wildman–Crippen MR) is 75.1 cm³/mol. The van der Waals surface area contributed by atoms with Crippen LogP contribution in [0, 0.1) is 0 Å². The minimum absolute atomic E-state index is 0.481. The number of aryl methyl sites for hydroxylation is 1. The Kier molecular flexibility index (Phi) is 4.55. The largest absolute Gasteiger partial charge is 0.481 e. The van der Waals surface area contributed by atoms with E-state index in [1.807, 2.05) is 0 Å². The SMILES string of the molecule is CCCn1ncc(Br)c1C(O)c1cccc(OC)n1. The second-order valence-corrected chi connectivity index (χ2v) is 4.96. The van der Waals surface area contributed by atoms with E-state index in [4.69, 9.17) is 4.74 Å². The lowest BCUT2D eigenvalue weighted by Gasteiger charge is -2.14. The fourth-order valence-corrected chi connectivity index (χ4v) is 2.38. The zero-order chi connectivity index (χ0) is 13.8. The summed E-state index contributed by atoms with van der Waals surface area (Å²) in [5, 5.41) is 14.7. The van der Waals surface area contributed by atoms with Crippen LogP contribution in [0.4, 0.5) is 0 Å². The molecule has 2 rings (SSSR count). The maximum absolute atomic E-state index is 10.5. The van der Waals surface area contributed by atoms with Gasteiger partial charge in [0.25, 0.3) is 0 Å². The van der Waals surface area contributed by atoms with Crippen molar-refractivity contribution >= 4 is 15.9 Å². The Morgan fingerprint density at radius 2 is 2.26 bits per heavy atom. The predicted octanol–water partition coefficient (Wildman–Crippen LogP) is 2.54. The van der Waals surface area contributed by atoms with E-state index in [0.717, 1.165) is 17.4 Å². The van der Waals surface area contributed by atoms with Crippen LogP contribution in [0.3, 0.4) is 0 Å². The van der Waals surface area contributed by atoms with Crippen molar-refractivity contribution in [1.29, 1.82) is 0 Å². The third-order valence-electron chi connectivity index (χ3n) is 2.76. The molecule has 0 fully saturated rings. The van der Waals surface area contributed by atoms with E-state index in [0.29, 0.717) is 17.3 Å². The molecule has 2 heterocycles. The standard InChI is InChI=1S/C13H16BrN3O2/c1-3-7-17-12(9(14)8-15-17)13(18)10-5-4-6-11(16-10)19-2/h4-6,8,13,18H,3,7H2,1-2H3. The first-order valence-corrected chi connectivity index (χ1v) is 6.86. The van der Waals surface area contributed by atoms with E-state index < -0.39 is 6.10 Å². The monoisotopic (exact) mass is 325 g/mol. The van der Waals surface area contributed by atoms with Gasteiger partial charge in [-0.15, -0.1) is 0 Å². The maximum Gasteiger partial charge on any atom is 0.213 e. The molecule has 0 saturated heterocycles. The van der Waals surface area contributed by atoms with Gasteiger partial charge in [0, 0.05) is 12.6 Å². The summed E-state index contributed by atoms with van der Waals surface area (Å²) in [7, 11) is 1.55. The minimum Gasteiger partial charge on any atom is -0.481 e. The summed E-state index contributed by atoms with van der Waals surface area (Å²) in [6.45, 7) is 2.82. The Bertz CT molecular complexity index is 557. The van der Waals surface area contributed by atoms with Gasteiger partial charge in [0.1, 0.15) is 6.10 Å². The first kappa shape index (κ1) is 14.0. The van der Waals surface area contributed by atoms with Gasteiger partial charge in [-0.1, -0.05) is 13.0 Å². The average molecular weight is 326 g/mol. The van der Waals surface area contributed by atoms with E-state index in [1.54, 1.807) is 36.2 Å². The summed E-state index contributed by atoms with van der Waals surface area (Å²) in [6, 6.07) is 5.32. The van der Waals surface area contributed by atoms with E-state index in [-0.39, 0.29) is 0 Å². The van der Waals surface area contributed by atoms with E-state index >= 15 is 0 Å². The van der Waals surface area contributed by atoms with Gasteiger partial charge < -0.3 is 9.84 Å². The third kappa shape index (κ3) is 2.96. The molecule has 6 heteroatoms. The number of methoxy groups -OCH3 is 1.